The van der Waals surface area contributed by atoms with Crippen LogP contribution in [0.25, 0.3) is 0 Å². The molecule has 0 saturated carbocycles. The van der Waals surface area contributed by atoms with Crippen LogP contribution in [0, 0.1) is 5.82 Å². The van der Waals surface area contributed by atoms with E-state index in [9.17, 15) is 17.9 Å². The maximum atomic E-state index is 14.0. The van der Waals surface area contributed by atoms with Crippen molar-refractivity contribution in [1.29, 1.82) is 0 Å². The van der Waals surface area contributed by atoms with Crippen LogP contribution in [-0.2, 0) is 9.84 Å². The molecule has 0 heterocycles. The third-order valence-corrected chi connectivity index (χ3v) is 3.39. The number of aliphatic hydroxyl groups is 1. The van der Waals surface area contributed by atoms with Crippen LogP contribution in [0.4, 0.5) is 4.39 Å². The average molecular weight is 263 g/mol. The number of rotatable bonds is 4. The number of aliphatic hydroxyl groups excluding tert-OH is 1. The highest BCUT2D eigenvalue weighted by Gasteiger charge is 2.25. The molecule has 1 unspecified atom stereocenters. The van der Waals surface area contributed by atoms with E-state index in [1.165, 1.54) is 19.2 Å². The lowest BCUT2D eigenvalue weighted by Crippen LogP contribution is -2.15. The highest BCUT2D eigenvalue weighted by molar-refractivity contribution is 7.90. The van der Waals surface area contributed by atoms with E-state index in [4.69, 9.17) is 10.5 Å². The van der Waals surface area contributed by atoms with Gasteiger partial charge in [0, 0.05) is 18.4 Å². The van der Waals surface area contributed by atoms with Crippen molar-refractivity contribution in [1.82, 2.24) is 0 Å². The van der Waals surface area contributed by atoms with E-state index in [2.05, 4.69) is 0 Å². The summed E-state index contributed by atoms with van der Waals surface area (Å²) < 4.78 is 41.7. The second-order valence-electron chi connectivity index (χ2n) is 3.52. The van der Waals surface area contributed by atoms with Crippen molar-refractivity contribution in [3.63, 3.8) is 0 Å². The summed E-state index contributed by atoms with van der Waals surface area (Å²) in [6, 6.07) is 2.54. The Bertz CT molecular complexity index is 515. The Morgan fingerprint density at radius 1 is 1.53 bits per heavy atom. The van der Waals surface area contributed by atoms with Crippen molar-refractivity contribution in [2.24, 2.45) is 5.73 Å². The molecule has 5 nitrogen and oxygen atoms in total. The van der Waals surface area contributed by atoms with E-state index in [1.807, 2.05) is 0 Å². The van der Waals surface area contributed by atoms with Crippen LogP contribution in [0.15, 0.2) is 17.0 Å². The summed E-state index contributed by atoms with van der Waals surface area (Å²) in [5, 5.41) is 9.46. The Hall–Kier alpha value is -1.18. The smallest absolute Gasteiger partial charge is 0.182 e. The minimum absolute atomic E-state index is 0.0991. The predicted octanol–water partition coefficient (Wildman–Crippen LogP) is 0.230. The number of benzene rings is 1. The summed E-state index contributed by atoms with van der Waals surface area (Å²) in [6.45, 7) is -0.202. The van der Waals surface area contributed by atoms with Gasteiger partial charge in [0.15, 0.2) is 15.7 Å². The molecule has 0 saturated heterocycles. The van der Waals surface area contributed by atoms with Crippen molar-refractivity contribution >= 4 is 9.84 Å². The summed E-state index contributed by atoms with van der Waals surface area (Å²) in [6.07, 6.45) is -0.381. The van der Waals surface area contributed by atoms with Crippen LogP contribution < -0.4 is 10.5 Å². The fourth-order valence-electron chi connectivity index (χ4n) is 1.44. The summed E-state index contributed by atoms with van der Waals surface area (Å²) in [7, 11) is -2.55. The maximum absolute atomic E-state index is 14.0. The molecule has 1 atom stereocenters. The lowest BCUT2D eigenvalue weighted by atomic mass is 10.1. The normalized spacial score (nSPS) is 13.5. The Kier molecular flexibility index (Phi) is 4.07. The first-order chi connectivity index (χ1) is 7.82. The van der Waals surface area contributed by atoms with E-state index in [0.29, 0.717) is 0 Å². The molecule has 96 valence electrons. The van der Waals surface area contributed by atoms with Crippen LogP contribution in [0.1, 0.15) is 11.7 Å². The molecule has 3 N–H and O–H groups in total. The molecule has 0 aliphatic heterocycles. The molecule has 7 heteroatoms. The van der Waals surface area contributed by atoms with Gasteiger partial charge in [-0.15, -0.1) is 0 Å². The van der Waals surface area contributed by atoms with E-state index >= 15 is 0 Å². The molecule has 0 aromatic heterocycles. The number of halogens is 1. The first-order valence-corrected chi connectivity index (χ1v) is 6.66. The van der Waals surface area contributed by atoms with Gasteiger partial charge >= 0.3 is 0 Å². The Balaban J connectivity index is 3.55. The van der Waals surface area contributed by atoms with Gasteiger partial charge in [0.2, 0.25) is 0 Å². The lowest BCUT2D eigenvalue weighted by Gasteiger charge is -2.14. The van der Waals surface area contributed by atoms with Crippen LogP contribution in [0.5, 0.6) is 5.75 Å². The number of methoxy groups -OCH3 is 1. The number of hydrogen-bond donors (Lipinski definition) is 2. The number of ether oxygens (including phenoxy) is 1. The Morgan fingerprint density at radius 3 is 2.53 bits per heavy atom. The molecule has 1 rings (SSSR count). The molecule has 1 aromatic carbocycles. The van der Waals surface area contributed by atoms with Crippen molar-refractivity contribution in [3.8, 4) is 5.75 Å². The average Bonchev–Trinajstić information content (AvgIpc) is 2.25. The SMILES string of the molecule is COc1ccc(C(O)CN)c(F)c1S(C)(=O)=O. The third kappa shape index (κ3) is 2.74. The largest absolute Gasteiger partial charge is 0.495 e. The van der Waals surface area contributed by atoms with Gasteiger partial charge in [-0.05, 0) is 12.1 Å². The highest BCUT2D eigenvalue weighted by Crippen LogP contribution is 2.31. The second-order valence-corrected chi connectivity index (χ2v) is 5.48. The zero-order valence-corrected chi connectivity index (χ0v) is 10.3. The first kappa shape index (κ1) is 13.9. The molecule has 0 amide bonds. The summed E-state index contributed by atoms with van der Waals surface area (Å²) in [5.41, 5.74) is 5.05. The molecular weight excluding hydrogens is 249 g/mol. The Morgan fingerprint density at radius 2 is 2.12 bits per heavy atom. The van der Waals surface area contributed by atoms with Crippen LogP contribution >= 0.6 is 0 Å². The second kappa shape index (κ2) is 4.99. The fourth-order valence-corrected chi connectivity index (χ4v) is 2.40. The minimum atomic E-state index is -3.79. The minimum Gasteiger partial charge on any atom is -0.495 e. The molecular formula is C10H14FNO4S. The van der Waals surface area contributed by atoms with Crippen molar-refractivity contribution < 1.29 is 22.7 Å². The zero-order chi connectivity index (χ0) is 13.2. The van der Waals surface area contributed by atoms with Crippen LogP contribution in [0.3, 0.4) is 0 Å². The molecule has 17 heavy (non-hydrogen) atoms. The van der Waals surface area contributed by atoms with Crippen molar-refractivity contribution in [3.05, 3.63) is 23.5 Å². The molecule has 0 bridgehead atoms. The van der Waals surface area contributed by atoms with Gasteiger partial charge in [0.1, 0.15) is 10.6 Å². The van der Waals surface area contributed by atoms with Gasteiger partial charge in [0.05, 0.1) is 13.2 Å². The molecule has 1 aromatic rings. The summed E-state index contributed by atoms with van der Waals surface area (Å²) >= 11 is 0. The van der Waals surface area contributed by atoms with E-state index in [1.54, 1.807) is 0 Å². The fraction of sp³-hybridized carbons (Fsp3) is 0.400. The lowest BCUT2D eigenvalue weighted by molar-refractivity contribution is 0.180. The van der Waals surface area contributed by atoms with Crippen molar-refractivity contribution in [2.75, 3.05) is 19.9 Å². The van der Waals surface area contributed by atoms with E-state index in [-0.39, 0.29) is 17.9 Å². The molecule has 0 spiro atoms. The van der Waals surface area contributed by atoms with Gasteiger partial charge < -0.3 is 15.6 Å². The van der Waals surface area contributed by atoms with Gasteiger partial charge in [-0.25, -0.2) is 12.8 Å². The topological polar surface area (TPSA) is 89.6 Å². The Labute approximate surface area is 98.9 Å². The quantitative estimate of drug-likeness (QED) is 0.811. The zero-order valence-electron chi connectivity index (χ0n) is 9.47. The summed E-state index contributed by atoms with van der Waals surface area (Å²) in [4.78, 5) is -0.565. The predicted molar refractivity (Wildman–Crippen MR) is 60.1 cm³/mol. The number of nitrogens with two attached hydrogens (primary N) is 1. The number of sulfone groups is 1. The monoisotopic (exact) mass is 263 g/mol. The van der Waals surface area contributed by atoms with Gasteiger partial charge in [-0.3, -0.25) is 0 Å². The molecule has 0 aliphatic rings. The molecule has 0 radical (unpaired) electrons. The van der Waals surface area contributed by atoms with Crippen molar-refractivity contribution in [2.45, 2.75) is 11.0 Å². The first-order valence-electron chi connectivity index (χ1n) is 4.77. The standard InChI is InChI=1S/C10H14FNO4S/c1-16-8-4-3-6(7(13)5-12)9(11)10(8)17(2,14)15/h3-4,7,13H,5,12H2,1-2H3. The highest BCUT2D eigenvalue weighted by atomic mass is 32.2. The maximum Gasteiger partial charge on any atom is 0.182 e. The van der Waals surface area contributed by atoms with Gasteiger partial charge in [0.25, 0.3) is 0 Å². The van der Waals surface area contributed by atoms with E-state index in [0.717, 1.165) is 6.26 Å². The molecule has 0 fully saturated rings. The van der Waals surface area contributed by atoms with Gasteiger partial charge in [-0.2, -0.15) is 0 Å². The van der Waals surface area contributed by atoms with Crippen LogP contribution in [0.2, 0.25) is 0 Å². The number of hydrogen-bond acceptors (Lipinski definition) is 5. The third-order valence-electron chi connectivity index (χ3n) is 2.26. The van der Waals surface area contributed by atoms with E-state index < -0.39 is 26.7 Å². The molecule has 0 aliphatic carbocycles. The van der Waals surface area contributed by atoms with Crippen LogP contribution in [-0.4, -0.2) is 33.4 Å². The van der Waals surface area contributed by atoms with Gasteiger partial charge in [-0.1, -0.05) is 0 Å². The summed E-state index contributed by atoms with van der Waals surface area (Å²) in [5.74, 6) is -1.12.